The molecule has 1 aliphatic heterocycles. The predicted molar refractivity (Wildman–Crippen MR) is 79.1 cm³/mol. The van der Waals surface area contributed by atoms with Crippen LogP contribution in [0.15, 0.2) is 6.20 Å². The second-order valence-corrected chi connectivity index (χ2v) is 5.37. The molecule has 114 valence electrons. The van der Waals surface area contributed by atoms with Crippen LogP contribution in [0.3, 0.4) is 0 Å². The molecule has 0 aliphatic carbocycles. The Balaban J connectivity index is 2.06. The first-order chi connectivity index (χ1) is 9.80. The lowest BCUT2D eigenvalue weighted by Crippen LogP contribution is -2.22. The minimum Gasteiger partial charge on any atom is -0.493 e. The number of rotatable bonds is 8. The van der Waals surface area contributed by atoms with Crippen molar-refractivity contribution in [3.05, 3.63) is 11.9 Å². The molecule has 0 amide bonds. The molecule has 1 fully saturated rings. The molecule has 1 N–H and O–H groups in total. The van der Waals surface area contributed by atoms with Crippen LogP contribution < -0.4 is 10.1 Å². The first-order valence-corrected chi connectivity index (χ1v) is 7.68. The molecular formula is C15H27N3O2. The number of methoxy groups -OCH3 is 1. The van der Waals surface area contributed by atoms with Gasteiger partial charge >= 0.3 is 0 Å². The number of nitrogens with zero attached hydrogens (tertiary/aromatic N) is 2. The monoisotopic (exact) mass is 281 g/mol. The minimum absolute atomic E-state index is 0.267. The fourth-order valence-corrected chi connectivity index (χ4v) is 2.92. The predicted octanol–water partition coefficient (Wildman–Crippen LogP) is 2.52. The molecule has 1 aromatic heterocycles. The van der Waals surface area contributed by atoms with E-state index in [4.69, 9.17) is 9.47 Å². The Morgan fingerprint density at radius 1 is 1.60 bits per heavy atom. The van der Waals surface area contributed by atoms with Gasteiger partial charge in [0, 0.05) is 13.2 Å². The first kappa shape index (κ1) is 15.3. The Morgan fingerprint density at radius 3 is 3.05 bits per heavy atom. The molecule has 2 heterocycles. The maximum atomic E-state index is 5.72. The van der Waals surface area contributed by atoms with Crippen LogP contribution in [0.25, 0.3) is 0 Å². The molecule has 2 atom stereocenters. The number of hydrogen-bond donors (Lipinski definition) is 1. The van der Waals surface area contributed by atoms with Gasteiger partial charge in [-0.05, 0) is 39.2 Å². The second kappa shape index (κ2) is 7.64. The van der Waals surface area contributed by atoms with Gasteiger partial charge in [0.15, 0.2) is 5.75 Å². The van der Waals surface area contributed by atoms with Crippen LogP contribution in [0.5, 0.6) is 5.75 Å². The highest BCUT2D eigenvalue weighted by molar-refractivity contribution is 5.28. The normalized spacial score (nSPS) is 20.2. The standard InChI is InChI=1S/C15H27N3O2/c1-4-9-18-15(14(19-3)11-17-18)13(16-2)8-7-12-6-5-10-20-12/h11-13,16H,4-10H2,1-3H3. The molecule has 2 unspecified atom stereocenters. The number of nitrogens with one attached hydrogen (secondary N) is 1. The zero-order chi connectivity index (χ0) is 14.4. The third-order valence-electron chi connectivity index (χ3n) is 3.98. The Labute approximate surface area is 121 Å². The third kappa shape index (κ3) is 3.52. The van der Waals surface area contributed by atoms with E-state index in [0.717, 1.165) is 43.9 Å². The topological polar surface area (TPSA) is 48.3 Å². The summed E-state index contributed by atoms with van der Waals surface area (Å²) in [4.78, 5) is 0. The smallest absolute Gasteiger partial charge is 0.161 e. The largest absolute Gasteiger partial charge is 0.493 e. The van der Waals surface area contributed by atoms with Crippen LogP contribution in [0, 0.1) is 0 Å². The minimum atomic E-state index is 0.267. The number of aromatic nitrogens is 2. The molecule has 5 nitrogen and oxygen atoms in total. The summed E-state index contributed by atoms with van der Waals surface area (Å²) in [5.74, 6) is 0.880. The fourth-order valence-electron chi connectivity index (χ4n) is 2.92. The van der Waals surface area contributed by atoms with Gasteiger partial charge in [-0.15, -0.1) is 0 Å². The van der Waals surface area contributed by atoms with E-state index in [-0.39, 0.29) is 6.04 Å². The summed E-state index contributed by atoms with van der Waals surface area (Å²) in [6, 6.07) is 0.267. The van der Waals surface area contributed by atoms with Gasteiger partial charge in [0.05, 0.1) is 31.1 Å². The first-order valence-electron chi connectivity index (χ1n) is 7.68. The van der Waals surface area contributed by atoms with Crippen molar-refractivity contribution in [3.8, 4) is 5.75 Å². The van der Waals surface area contributed by atoms with Crippen molar-refractivity contribution < 1.29 is 9.47 Å². The van der Waals surface area contributed by atoms with Crippen molar-refractivity contribution >= 4 is 0 Å². The van der Waals surface area contributed by atoms with E-state index in [1.54, 1.807) is 7.11 Å². The van der Waals surface area contributed by atoms with Gasteiger partial charge in [-0.25, -0.2) is 0 Å². The van der Waals surface area contributed by atoms with Crippen LogP contribution in [0.2, 0.25) is 0 Å². The summed E-state index contributed by atoms with van der Waals surface area (Å²) < 4.78 is 13.3. The Kier molecular flexibility index (Phi) is 5.86. The molecule has 5 heteroatoms. The van der Waals surface area contributed by atoms with Crippen molar-refractivity contribution in [2.24, 2.45) is 0 Å². The molecule has 1 saturated heterocycles. The molecule has 0 bridgehead atoms. The Bertz CT molecular complexity index is 400. The van der Waals surface area contributed by atoms with E-state index < -0.39 is 0 Å². The molecule has 2 rings (SSSR count). The maximum Gasteiger partial charge on any atom is 0.161 e. The van der Waals surface area contributed by atoms with E-state index in [0.29, 0.717) is 6.10 Å². The van der Waals surface area contributed by atoms with Crippen LogP contribution in [-0.4, -0.2) is 36.6 Å². The van der Waals surface area contributed by atoms with Gasteiger partial charge in [0.2, 0.25) is 0 Å². The van der Waals surface area contributed by atoms with Gasteiger partial charge < -0.3 is 14.8 Å². The summed E-state index contributed by atoms with van der Waals surface area (Å²) in [6.07, 6.45) is 7.85. The summed E-state index contributed by atoms with van der Waals surface area (Å²) >= 11 is 0. The highest BCUT2D eigenvalue weighted by Crippen LogP contribution is 2.30. The van der Waals surface area contributed by atoms with Crippen molar-refractivity contribution in [1.82, 2.24) is 15.1 Å². The van der Waals surface area contributed by atoms with Crippen molar-refractivity contribution in [1.29, 1.82) is 0 Å². The number of aryl methyl sites for hydroxylation is 1. The quantitative estimate of drug-likeness (QED) is 0.795. The van der Waals surface area contributed by atoms with E-state index in [2.05, 4.69) is 22.0 Å². The molecule has 0 saturated carbocycles. The van der Waals surface area contributed by atoms with Crippen molar-refractivity contribution in [2.45, 2.75) is 57.7 Å². The number of ether oxygens (including phenoxy) is 2. The van der Waals surface area contributed by atoms with Gasteiger partial charge in [-0.1, -0.05) is 6.92 Å². The Hall–Kier alpha value is -1.07. The molecule has 0 aromatic carbocycles. The summed E-state index contributed by atoms with van der Waals surface area (Å²) in [6.45, 7) is 4.02. The molecular weight excluding hydrogens is 254 g/mol. The molecule has 20 heavy (non-hydrogen) atoms. The van der Waals surface area contributed by atoms with E-state index >= 15 is 0 Å². The third-order valence-corrected chi connectivity index (χ3v) is 3.98. The zero-order valence-corrected chi connectivity index (χ0v) is 12.9. The SMILES string of the molecule is CCCn1ncc(OC)c1C(CCC1CCCO1)NC. The maximum absolute atomic E-state index is 5.72. The lowest BCUT2D eigenvalue weighted by Gasteiger charge is -2.20. The van der Waals surface area contributed by atoms with Crippen LogP contribution >= 0.6 is 0 Å². The van der Waals surface area contributed by atoms with Crippen molar-refractivity contribution in [2.75, 3.05) is 20.8 Å². The summed E-state index contributed by atoms with van der Waals surface area (Å²) in [5.41, 5.74) is 1.16. The van der Waals surface area contributed by atoms with E-state index in [9.17, 15) is 0 Å². The van der Waals surface area contributed by atoms with Gasteiger partial charge in [0.25, 0.3) is 0 Å². The molecule has 1 aliphatic rings. The van der Waals surface area contributed by atoms with Crippen LogP contribution in [-0.2, 0) is 11.3 Å². The van der Waals surface area contributed by atoms with Crippen molar-refractivity contribution in [3.63, 3.8) is 0 Å². The molecule has 1 aromatic rings. The van der Waals surface area contributed by atoms with Crippen LogP contribution in [0.4, 0.5) is 0 Å². The Morgan fingerprint density at radius 2 is 2.45 bits per heavy atom. The molecule has 0 spiro atoms. The van der Waals surface area contributed by atoms with Gasteiger partial charge in [0.1, 0.15) is 0 Å². The number of hydrogen-bond acceptors (Lipinski definition) is 4. The van der Waals surface area contributed by atoms with Crippen LogP contribution in [0.1, 0.15) is 50.8 Å². The van der Waals surface area contributed by atoms with E-state index in [1.165, 1.54) is 12.8 Å². The average molecular weight is 281 g/mol. The summed E-state index contributed by atoms with van der Waals surface area (Å²) in [5, 5.41) is 7.85. The van der Waals surface area contributed by atoms with Gasteiger partial charge in [-0.2, -0.15) is 5.10 Å². The van der Waals surface area contributed by atoms with E-state index in [1.807, 2.05) is 13.2 Å². The zero-order valence-electron chi connectivity index (χ0n) is 12.9. The summed E-state index contributed by atoms with van der Waals surface area (Å²) in [7, 11) is 3.71. The highest BCUT2D eigenvalue weighted by Gasteiger charge is 2.23. The lowest BCUT2D eigenvalue weighted by atomic mass is 10.0. The lowest BCUT2D eigenvalue weighted by molar-refractivity contribution is 0.0994. The molecule has 0 radical (unpaired) electrons. The fraction of sp³-hybridized carbons (Fsp3) is 0.800. The highest BCUT2D eigenvalue weighted by atomic mass is 16.5. The van der Waals surface area contributed by atoms with Gasteiger partial charge in [-0.3, -0.25) is 4.68 Å². The average Bonchev–Trinajstić information content (AvgIpc) is 3.10. The second-order valence-electron chi connectivity index (χ2n) is 5.37.